The first kappa shape index (κ1) is 24.4. The fourth-order valence-corrected chi connectivity index (χ4v) is 5.00. The van der Waals surface area contributed by atoms with Gasteiger partial charge in [-0.15, -0.1) is 0 Å². The zero-order valence-electron chi connectivity index (χ0n) is 19.6. The quantitative estimate of drug-likeness (QED) is 0.399. The Balaban J connectivity index is 2.88. The zero-order chi connectivity index (χ0) is 20.9. The van der Waals surface area contributed by atoms with E-state index in [1.807, 2.05) is 0 Å². The van der Waals surface area contributed by atoms with E-state index in [1.54, 1.807) is 0 Å². The van der Waals surface area contributed by atoms with Gasteiger partial charge in [0.2, 0.25) is 0 Å². The Hall–Kier alpha value is -0.646. The summed E-state index contributed by atoms with van der Waals surface area (Å²) in [5, 5.41) is 0.616. The van der Waals surface area contributed by atoms with Gasteiger partial charge in [0.05, 0.1) is 14.2 Å². The van der Waals surface area contributed by atoms with Gasteiger partial charge in [-0.25, -0.2) is 0 Å². The summed E-state index contributed by atoms with van der Waals surface area (Å²) < 4.78 is 6.82. The number of rotatable bonds is 8. The van der Waals surface area contributed by atoms with E-state index >= 15 is 0 Å². The van der Waals surface area contributed by atoms with Gasteiger partial charge in [-0.05, 0) is 48.0 Å². The van der Waals surface area contributed by atoms with E-state index in [4.69, 9.17) is 4.43 Å². The standard InChI is InChI=1S/C24H44OSi2/c1-23(2,3)26(7,8)20-19-22(25-27(9,10)24(4,5)6)18-14-17-21-15-12-11-13-16-21/h11-13,15-16,19-20,22H,14,17-18H2,1-10H3/b20-19+/t22-/m0/s1. The highest BCUT2D eigenvalue weighted by molar-refractivity contribution is 6.84. The molecule has 0 aliphatic carbocycles. The van der Waals surface area contributed by atoms with Crippen LogP contribution in [0.25, 0.3) is 0 Å². The van der Waals surface area contributed by atoms with Crippen LogP contribution in [0, 0.1) is 0 Å². The van der Waals surface area contributed by atoms with Crippen molar-refractivity contribution in [2.75, 3.05) is 0 Å². The lowest BCUT2D eigenvalue weighted by atomic mass is 10.1. The van der Waals surface area contributed by atoms with Gasteiger partial charge in [0.15, 0.2) is 8.32 Å². The van der Waals surface area contributed by atoms with E-state index < -0.39 is 16.4 Å². The summed E-state index contributed by atoms with van der Waals surface area (Å²) in [6, 6.07) is 10.8. The molecule has 0 amide bonds. The van der Waals surface area contributed by atoms with Crippen molar-refractivity contribution in [3.05, 3.63) is 47.7 Å². The molecule has 0 N–H and O–H groups in total. The average Bonchev–Trinajstić information content (AvgIpc) is 2.51. The summed E-state index contributed by atoms with van der Waals surface area (Å²) in [5.41, 5.74) is 3.96. The van der Waals surface area contributed by atoms with Gasteiger partial charge in [0.25, 0.3) is 0 Å². The van der Waals surface area contributed by atoms with Crippen LogP contribution in [0.4, 0.5) is 0 Å². The van der Waals surface area contributed by atoms with E-state index in [0.29, 0.717) is 5.04 Å². The fraction of sp³-hybridized carbons (Fsp3) is 0.667. The van der Waals surface area contributed by atoms with E-state index in [0.717, 1.165) is 12.8 Å². The number of aryl methyl sites for hydroxylation is 1. The fourth-order valence-electron chi connectivity index (χ4n) is 2.50. The molecule has 0 aliphatic heterocycles. The van der Waals surface area contributed by atoms with E-state index in [9.17, 15) is 0 Å². The third kappa shape index (κ3) is 7.71. The molecule has 3 heteroatoms. The Morgan fingerprint density at radius 1 is 0.889 bits per heavy atom. The van der Waals surface area contributed by atoms with Gasteiger partial charge in [-0.2, -0.15) is 0 Å². The van der Waals surface area contributed by atoms with Crippen molar-refractivity contribution in [3.8, 4) is 0 Å². The van der Waals surface area contributed by atoms with Crippen molar-refractivity contribution in [2.45, 2.75) is 103 Å². The molecule has 1 atom stereocenters. The summed E-state index contributed by atoms with van der Waals surface area (Å²) in [6.07, 6.45) is 6.07. The van der Waals surface area contributed by atoms with Crippen LogP contribution in [-0.4, -0.2) is 22.5 Å². The topological polar surface area (TPSA) is 9.23 Å². The normalized spacial score (nSPS) is 15.3. The summed E-state index contributed by atoms with van der Waals surface area (Å²) in [4.78, 5) is 0. The molecule has 0 bridgehead atoms. The molecule has 154 valence electrons. The first-order valence-corrected chi connectivity index (χ1v) is 16.6. The summed E-state index contributed by atoms with van der Waals surface area (Å²) >= 11 is 0. The molecule has 0 saturated heterocycles. The molecule has 0 unspecified atom stereocenters. The maximum atomic E-state index is 6.82. The highest BCUT2D eigenvalue weighted by Gasteiger charge is 2.39. The monoisotopic (exact) mass is 404 g/mol. The Kier molecular flexibility index (Phi) is 8.34. The first-order valence-electron chi connectivity index (χ1n) is 10.6. The van der Waals surface area contributed by atoms with Gasteiger partial charge < -0.3 is 4.43 Å². The third-order valence-electron chi connectivity index (χ3n) is 6.71. The van der Waals surface area contributed by atoms with Gasteiger partial charge in [0, 0.05) is 0 Å². The molecular weight excluding hydrogens is 360 g/mol. The molecule has 1 nitrogen and oxygen atoms in total. The summed E-state index contributed by atoms with van der Waals surface area (Å²) in [5.74, 6) is 0. The van der Waals surface area contributed by atoms with Crippen molar-refractivity contribution < 1.29 is 4.43 Å². The molecule has 27 heavy (non-hydrogen) atoms. The first-order chi connectivity index (χ1) is 12.2. The van der Waals surface area contributed by atoms with Gasteiger partial charge in [-0.3, -0.25) is 0 Å². The van der Waals surface area contributed by atoms with Crippen LogP contribution in [0.1, 0.15) is 59.9 Å². The Morgan fingerprint density at radius 2 is 1.44 bits per heavy atom. The minimum Gasteiger partial charge on any atom is -0.411 e. The minimum atomic E-state index is -1.78. The lowest BCUT2D eigenvalue weighted by Crippen LogP contribution is -2.44. The molecule has 0 saturated carbocycles. The lowest BCUT2D eigenvalue weighted by Gasteiger charge is -2.39. The van der Waals surface area contributed by atoms with Crippen LogP contribution in [0.15, 0.2) is 42.1 Å². The van der Waals surface area contributed by atoms with Gasteiger partial charge in [-0.1, -0.05) is 96.7 Å². The number of hydrogen-bond donors (Lipinski definition) is 0. The van der Waals surface area contributed by atoms with Crippen LogP contribution >= 0.6 is 0 Å². The number of hydrogen-bond acceptors (Lipinski definition) is 1. The molecule has 1 aromatic carbocycles. The smallest absolute Gasteiger partial charge is 0.192 e. The van der Waals surface area contributed by atoms with E-state index in [1.165, 1.54) is 12.0 Å². The van der Waals surface area contributed by atoms with Crippen LogP contribution in [0.2, 0.25) is 36.3 Å². The molecular formula is C24H44OSi2. The Labute approximate surface area is 171 Å². The van der Waals surface area contributed by atoms with Gasteiger partial charge in [0.1, 0.15) is 0 Å². The van der Waals surface area contributed by atoms with Crippen molar-refractivity contribution in [3.63, 3.8) is 0 Å². The van der Waals surface area contributed by atoms with Crippen LogP contribution in [0.5, 0.6) is 0 Å². The lowest BCUT2D eigenvalue weighted by molar-refractivity contribution is 0.212. The highest BCUT2D eigenvalue weighted by atomic mass is 28.4. The Morgan fingerprint density at radius 3 is 1.93 bits per heavy atom. The maximum Gasteiger partial charge on any atom is 0.192 e. The average molecular weight is 405 g/mol. The second kappa shape index (κ2) is 9.23. The summed E-state index contributed by atoms with van der Waals surface area (Å²) in [7, 11) is -3.21. The second-order valence-corrected chi connectivity index (χ2v) is 21.2. The molecule has 0 fully saturated rings. The van der Waals surface area contributed by atoms with E-state index in [-0.39, 0.29) is 11.1 Å². The van der Waals surface area contributed by atoms with Crippen LogP contribution in [-0.2, 0) is 10.8 Å². The molecule has 1 aromatic rings. The predicted molar refractivity (Wildman–Crippen MR) is 128 cm³/mol. The van der Waals surface area contributed by atoms with Gasteiger partial charge >= 0.3 is 0 Å². The predicted octanol–water partition coefficient (Wildman–Crippen LogP) is 8.00. The SMILES string of the molecule is CC(C)(C)[Si](C)(C)/C=C/[C@H](CCCc1ccccc1)O[Si](C)(C)C(C)(C)C. The Bertz CT molecular complexity index is 589. The van der Waals surface area contributed by atoms with Crippen molar-refractivity contribution in [2.24, 2.45) is 0 Å². The molecule has 0 aromatic heterocycles. The molecule has 0 spiro atoms. The zero-order valence-corrected chi connectivity index (χ0v) is 21.6. The molecule has 0 aliphatic rings. The second-order valence-electron chi connectivity index (χ2n) is 11.1. The van der Waals surface area contributed by atoms with Crippen molar-refractivity contribution in [1.82, 2.24) is 0 Å². The van der Waals surface area contributed by atoms with Crippen molar-refractivity contribution >= 4 is 16.4 Å². The van der Waals surface area contributed by atoms with Crippen LogP contribution in [0.3, 0.4) is 0 Å². The maximum absolute atomic E-state index is 6.82. The van der Waals surface area contributed by atoms with Crippen LogP contribution < -0.4 is 0 Å². The van der Waals surface area contributed by atoms with Crippen molar-refractivity contribution in [1.29, 1.82) is 0 Å². The summed E-state index contributed by atoms with van der Waals surface area (Å²) in [6.45, 7) is 23.8. The third-order valence-corrected chi connectivity index (χ3v) is 16.1. The highest BCUT2D eigenvalue weighted by Crippen LogP contribution is 2.39. The largest absolute Gasteiger partial charge is 0.411 e. The number of benzene rings is 1. The molecule has 1 rings (SSSR count). The minimum absolute atomic E-state index is 0.240. The molecule has 0 heterocycles. The van der Waals surface area contributed by atoms with E-state index in [2.05, 4.69) is 110 Å². The molecule has 0 radical (unpaired) electrons.